The summed E-state index contributed by atoms with van der Waals surface area (Å²) < 4.78 is 13.3. The van der Waals surface area contributed by atoms with Gasteiger partial charge in [-0.05, 0) is 36.2 Å². The molecule has 104 valence electrons. The summed E-state index contributed by atoms with van der Waals surface area (Å²) in [4.78, 5) is 10.5. The Morgan fingerprint density at radius 2 is 2.05 bits per heavy atom. The molecule has 0 bridgehead atoms. The van der Waals surface area contributed by atoms with E-state index in [0.717, 1.165) is 5.56 Å². The molecule has 0 atom stereocenters. The first-order valence-corrected chi connectivity index (χ1v) is 6.28. The molecule has 0 aromatic heterocycles. The van der Waals surface area contributed by atoms with Gasteiger partial charge < -0.3 is 5.32 Å². The lowest BCUT2D eigenvalue weighted by atomic mass is 10.1. The maximum atomic E-state index is 13.3. The Bertz CT molecular complexity index is 662. The molecule has 20 heavy (non-hydrogen) atoms. The molecule has 2 rings (SSSR count). The zero-order valence-corrected chi connectivity index (χ0v) is 11.4. The van der Waals surface area contributed by atoms with Crippen molar-refractivity contribution < 1.29 is 9.31 Å². The monoisotopic (exact) mass is 294 g/mol. The average molecular weight is 295 g/mol. The highest BCUT2D eigenvalue weighted by molar-refractivity contribution is 6.30. The van der Waals surface area contributed by atoms with Gasteiger partial charge in [0, 0.05) is 12.6 Å². The number of nitrogens with zero attached hydrogens (tertiary/aromatic N) is 1. The lowest BCUT2D eigenvalue weighted by Gasteiger charge is -2.08. The van der Waals surface area contributed by atoms with E-state index < -0.39 is 10.7 Å². The minimum Gasteiger partial charge on any atom is -0.375 e. The highest BCUT2D eigenvalue weighted by Crippen LogP contribution is 2.26. The number of hydrogen-bond acceptors (Lipinski definition) is 3. The molecule has 0 aliphatic heterocycles. The zero-order chi connectivity index (χ0) is 14.7. The van der Waals surface area contributed by atoms with Crippen LogP contribution in [-0.4, -0.2) is 4.92 Å². The van der Waals surface area contributed by atoms with E-state index >= 15 is 0 Å². The predicted octanol–water partition coefficient (Wildman–Crippen LogP) is 4.31. The fourth-order valence-electron chi connectivity index (χ4n) is 1.79. The second kappa shape index (κ2) is 5.88. The van der Waals surface area contributed by atoms with E-state index in [0.29, 0.717) is 11.3 Å². The van der Waals surface area contributed by atoms with E-state index in [-0.39, 0.29) is 17.3 Å². The first-order chi connectivity index (χ1) is 9.47. The predicted molar refractivity (Wildman–Crippen MR) is 76.6 cm³/mol. The summed E-state index contributed by atoms with van der Waals surface area (Å²) in [5, 5.41) is 14.0. The second-order valence-corrected chi connectivity index (χ2v) is 4.79. The number of halogens is 2. The fraction of sp³-hybridized carbons (Fsp3) is 0.143. The molecule has 2 aromatic rings. The Labute approximate surface area is 120 Å². The maximum Gasteiger partial charge on any atom is 0.292 e. The van der Waals surface area contributed by atoms with Crippen molar-refractivity contribution in [3.8, 4) is 0 Å². The van der Waals surface area contributed by atoms with Gasteiger partial charge in [0.25, 0.3) is 5.69 Å². The standard InChI is InChI=1S/C14H12ClFN2O2/c1-9-2-5-13(14(6-9)18(19)20)17-8-10-3-4-11(15)12(16)7-10/h2-7,17H,8H2,1H3. The molecule has 0 heterocycles. The molecule has 0 aliphatic rings. The Hall–Kier alpha value is -2.14. The zero-order valence-electron chi connectivity index (χ0n) is 10.7. The van der Waals surface area contributed by atoms with Crippen LogP contribution in [0.1, 0.15) is 11.1 Å². The number of rotatable bonds is 4. The number of nitro benzene ring substituents is 1. The molecule has 0 radical (unpaired) electrons. The van der Waals surface area contributed by atoms with Gasteiger partial charge in [-0.3, -0.25) is 10.1 Å². The van der Waals surface area contributed by atoms with Gasteiger partial charge >= 0.3 is 0 Å². The number of aryl methyl sites for hydroxylation is 1. The SMILES string of the molecule is Cc1ccc(NCc2ccc(Cl)c(F)c2)c([N+](=O)[O-])c1. The maximum absolute atomic E-state index is 13.3. The van der Waals surface area contributed by atoms with Gasteiger partial charge in [0.2, 0.25) is 0 Å². The minimum atomic E-state index is -0.510. The van der Waals surface area contributed by atoms with Crippen molar-refractivity contribution in [3.63, 3.8) is 0 Å². The number of hydrogen-bond donors (Lipinski definition) is 1. The Kier molecular flexibility index (Phi) is 4.20. The van der Waals surface area contributed by atoms with E-state index in [1.54, 1.807) is 25.1 Å². The van der Waals surface area contributed by atoms with Crippen molar-refractivity contribution in [1.29, 1.82) is 0 Å². The van der Waals surface area contributed by atoms with Crippen molar-refractivity contribution in [2.24, 2.45) is 0 Å². The number of nitro groups is 1. The Morgan fingerprint density at radius 1 is 1.30 bits per heavy atom. The fourth-order valence-corrected chi connectivity index (χ4v) is 1.91. The van der Waals surface area contributed by atoms with Crippen molar-refractivity contribution in [1.82, 2.24) is 0 Å². The molecule has 0 unspecified atom stereocenters. The molecule has 1 N–H and O–H groups in total. The van der Waals surface area contributed by atoms with Gasteiger partial charge in [0.15, 0.2) is 0 Å². The first-order valence-electron chi connectivity index (χ1n) is 5.90. The molecule has 6 heteroatoms. The number of benzene rings is 2. The van der Waals surface area contributed by atoms with Gasteiger partial charge in [-0.1, -0.05) is 23.7 Å². The lowest BCUT2D eigenvalue weighted by molar-refractivity contribution is -0.384. The normalized spacial score (nSPS) is 10.3. The summed E-state index contributed by atoms with van der Waals surface area (Å²) in [6, 6.07) is 9.33. The molecule has 0 fully saturated rings. The molecule has 0 amide bonds. The highest BCUT2D eigenvalue weighted by atomic mass is 35.5. The van der Waals surface area contributed by atoms with Gasteiger partial charge in [0.1, 0.15) is 11.5 Å². The average Bonchev–Trinajstić information content (AvgIpc) is 2.41. The van der Waals surface area contributed by atoms with Crippen LogP contribution in [0.4, 0.5) is 15.8 Å². The molecule has 0 aliphatic carbocycles. The van der Waals surface area contributed by atoms with Crippen LogP contribution in [0.25, 0.3) is 0 Å². The lowest BCUT2D eigenvalue weighted by Crippen LogP contribution is -2.03. The van der Waals surface area contributed by atoms with E-state index in [1.807, 2.05) is 0 Å². The summed E-state index contributed by atoms with van der Waals surface area (Å²) >= 11 is 5.60. The van der Waals surface area contributed by atoms with Crippen LogP contribution in [0.2, 0.25) is 5.02 Å². The molecular weight excluding hydrogens is 283 g/mol. The van der Waals surface area contributed by atoms with Crippen molar-refractivity contribution in [3.05, 3.63) is 68.5 Å². The van der Waals surface area contributed by atoms with E-state index in [2.05, 4.69) is 5.32 Å². The minimum absolute atomic E-state index is 0.000523. The molecule has 4 nitrogen and oxygen atoms in total. The summed E-state index contributed by atoms with van der Waals surface area (Å²) in [6.07, 6.45) is 0. The summed E-state index contributed by atoms with van der Waals surface area (Å²) in [7, 11) is 0. The quantitative estimate of drug-likeness (QED) is 0.675. The second-order valence-electron chi connectivity index (χ2n) is 4.38. The number of nitrogens with one attached hydrogen (secondary N) is 1. The van der Waals surface area contributed by atoms with Crippen LogP contribution < -0.4 is 5.32 Å². The van der Waals surface area contributed by atoms with Gasteiger partial charge in [0.05, 0.1) is 9.95 Å². The van der Waals surface area contributed by atoms with Crippen LogP contribution in [-0.2, 0) is 6.54 Å². The van der Waals surface area contributed by atoms with E-state index in [9.17, 15) is 14.5 Å². The third kappa shape index (κ3) is 3.24. The Balaban J connectivity index is 2.18. The molecule has 2 aromatic carbocycles. The van der Waals surface area contributed by atoms with Crippen molar-refractivity contribution in [2.75, 3.05) is 5.32 Å². The van der Waals surface area contributed by atoms with Crippen molar-refractivity contribution >= 4 is 23.0 Å². The summed E-state index contributed by atoms with van der Waals surface area (Å²) in [5.41, 5.74) is 1.86. The van der Waals surface area contributed by atoms with Crippen LogP contribution in [0.15, 0.2) is 36.4 Å². The Morgan fingerprint density at radius 3 is 2.70 bits per heavy atom. The third-order valence-corrected chi connectivity index (χ3v) is 3.12. The topological polar surface area (TPSA) is 55.2 Å². The van der Waals surface area contributed by atoms with Crippen LogP contribution in [0.3, 0.4) is 0 Å². The van der Waals surface area contributed by atoms with Crippen molar-refractivity contribution in [2.45, 2.75) is 13.5 Å². The van der Waals surface area contributed by atoms with Crippen LogP contribution in [0, 0.1) is 22.9 Å². The summed E-state index contributed by atoms with van der Waals surface area (Å²) in [5.74, 6) is -0.510. The highest BCUT2D eigenvalue weighted by Gasteiger charge is 2.13. The summed E-state index contributed by atoms with van der Waals surface area (Å²) in [6.45, 7) is 2.06. The largest absolute Gasteiger partial charge is 0.375 e. The van der Waals surface area contributed by atoms with Crippen LogP contribution in [0.5, 0.6) is 0 Å². The van der Waals surface area contributed by atoms with Crippen LogP contribution >= 0.6 is 11.6 Å². The molecule has 0 spiro atoms. The molecular formula is C14H12ClFN2O2. The van der Waals surface area contributed by atoms with Gasteiger partial charge in [-0.25, -0.2) is 4.39 Å². The molecule has 0 saturated carbocycles. The van der Waals surface area contributed by atoms with Gasteiger partial charge in [-0.2, -0.15) is 0 Å². The smallest absolute Gasteiger partial charge is 0.292 e. The number of anilines is 1. The van der Waals surface area contributed by atoms with E-state index in [4.69, 9.17) is 11.6 Å². The third-order valence-electron chi connectivity index (χ3n) is 2.82. The molecule has 0 saturated heterocycles. The van der Waals surface area contributed by atoms with Gasteiger partial charge in [-0.15, -0.1) is 0 Å². The van der Waals surface area contributed by atoms with E-state index in [1.165, 1.54) is 18.2 Å². The first kappa shape index (κ1) is 14.3.